The Labute approximate surface area is 128 Å². The van der Waals surface area contributed by atoms with Gasteiger partial charge in [-0.1, -0.05) is 30.3 Å². The van der Waals surface area contributed by atoms with Crippen LogP contribution in [0.2, 0.25) is 0 Å². The molecule has 7 heteroatoms. The number of alkyl carbamates (subject to hydrolysis) is 1. The molecule has 120 valence electrons. The number of hydrogen-bond donors (Lipinski definition) is 1. The summed E-state index contributed by atoms with van der Waals surface area (Å²) in [4.78, 5) is 34.9. The Morgan fingerprint density at radius 3 is 2.18 bits per heavy atom. The average Bonchev–Trinajstić information content (AvgIpc) is 2.43. The molecule has 1 atom stereocenters. The first-order valence-corrected chi connectivity index (χ1v) is 6.57. The van der Waals surface area contributed by atoms with Crippen molar-refractivity contribution in [3.8, 4) is 0 Å². The molecule has 1 aromatic rings. The maximum absolute atomic E-state index is 12.0. The number of nitrogens with one attached hydrogen (secondary N) is 1. The van der Waals surface area contributed by atoms with Crippen LogP contribution in [0.15, 0.2) is 30.3 Å². The fraction of sp³-hybridized carbons (Fsp3) is 0.400. The normalized spacial score (nSPS) is 12.0. The predicted molar refractivity (Wildman–Crippen MR) is 77.0 cm³/mol. The molecular formula is C15H19NO6. The third kappa shape index (κ3) is 5.82. The highest BCUT2D eigenvalue weighted by Crippen LogP contribution is 2.16. The first-order valence-electron chi connectivity index (χ1n) is 6.57. The number of carbonyl (C=O) groups excluding carboxylic acids is 3. The smallest absolute Gasteiger partial charge is 0.444 e. The molecule has 0 aliphatic carbocycles. The lowest BCUT2D eigenvalue weighted by molar-refractivity contribution is -0.142. The third-order valence-corrected chi connectivity index (χ3v) is 2.38. The second kappa shape index (κ2) is 7.44. The molecule has 0 bridgehead atoms. The van der Waals surface area contributed by atoms with Crippen molar-refractivity contribution >= 4 is 18.2 Å². The van der Waals surface area contributed by atoms with Crippen LogP contribution in [0.4, 0.5) is 9.59 Å². The van der Waals surface area contributed by atoms with Crippen LogP contribution in [0.3, 0.4) is 0 Å². The summed E-state index contributed by atoms with van der Waals surface area (Å²) < 4.78 is 13.8. The molecule has 7 nitrogen and oxygen atoms in total. The van der Waals surface area contributed by atoms with Gasteiger partial charge in [0, 0.05) is 0 Å². The van der Waals surface area contributed by atoms with Gasteiger partial charge >= 0.3 is 18.2 Å². The van der Waals surface area contributed by atoms with Crippen LogP contribution in [0.25, 0.3) is 0 Å². The number of ether oxygens (including phenoxy) is 3. The summed E-state index contributed by atoms with van der Waals surface area (Å²) in [6.07, 6.45) is -1.96. The van der Waals surface area contributed by atoms with Crippen molar-refractivity contribution in [2.75, 3.05) is 7.11 Å². The number of esters is 1. The summed E-state index contributed by atoms with van der Waals surface area (Å²) in [5, 5.41) is 2.38. The van der Waals surface area contributed by atoms with Crippen molar-refractivity contribution in [3.05, 3.63) is 35.9 Å². The quantitative estimate of drug-likeness (QED) is 0.681. The second-order valence-electron chi connectivity index (χ2n) is 5.37. The molecule has 0 radical (unpaired) electrons. The Hall–Kier alpha value is -2.57. The molecule has 0 fully saturated rings. The van der Waals surface area contributed by atoms with Crippen LogP contribution in [0.1, 0.15) is 32.4 Å². The molecule has 0 saturated carbocycles. The summed E-state index contributed by atoms with van der Waals surface area (Å²) in [6.45, 7) is 5.07. The molecule has 0 spiro atoms. The zero-order valence-corrected chi connectivity index (χ0v) is 12.9. The fourth-order valence-electron chi connectivity index (χ4n) is 1.53. The molecular weight excluding hydrogens is 290 g/mol. The van der Waals surface area contributed by atoms with Gasteiger partial charge < -0.3 is 19.5 Å². The molecule has 0 aliphatic rings. The van der Waals surface area contributed by atoms with Crippen LogP contribution in [-0.2, 0) is 19.0 Å². The van der Waals surface area contributed by atoms with Gasteiger partial charge in [-0.05, 0) is 26.3 Å². The maximum Gasteiger partial charge on any atom is 0.515 e. The highest BCUT2D eigenvalue weighted by atomic mass is 16.7. The monoisotopic (exact) mass is 309 g/mol. The van der Waals surface area contributed by atoms with Gasteiger partial charge in [-0.25, -0.2) is 14.4 Å². The number of amides is 1. The number of hydrogen-bond acceptors (Lipinski definition) is 6. The number of carbonyl (C=O) groups is 3. The van der Waals surface area contributed by atoms with Crippen molar-refractivity contribution in [1.29, 1.82) is 0 Å². The number of benzene rings is 1. The van der Waals surface area contributed by atoms with E-state index in [0.717, 1.165) is 7.11 Å². The molecule has 22 heavy (non-hydrogen) atoms. The van der Waals surface area contributed by atoms with Gasteiger partial charge in [-0.2, -0.15) is 0 Å². The summed E-state index contributed by atoms with van der Waals surface area (Å²) in [6, 6.07) is 7.16. The minimum absolute atomic E-state index is 0.447. The Bertz CT molecular complexity index is 535. The van der Waals surface area contributed by atoms with E-state index >= 15 is 0 Å². The Balaban J connectivity index is 2.90. The fourth-order valence-corrected chi connectivity index (χ4v) is 1.53. The minimum atomic E-state index is -1.19. The molecule has 1 N–H and O–H groups in total. The van der Waals surface area contributed by atoms with Crippen LogP contribution in [0, 0.1) is 0 Å². The highest BCUT2D eigenvalue weighted by molar-refractivity contribution is 5.89. The zero-order chi connectivity index (χ0) is 16.8. The van der Waals surface area contributed by atoms with E-state index in [0.29, 0.717) is 5.56 Å². The maximum atomic E-state index is 12.0. The van der Waals surface area contributed by atoms with Gasteiger partial charge in [0.25, 0.3) is 0 Å². The van der Waals surface area contributed by atoms with Crippen molar-refractivity contribution in [2.24, 2.45) is 0 Å². The van der Waals surface area contributed by atoms with E-state index in [1.165, 1.54) is 0 Å². The third-order valence-electron chi connectivity index (χ3n) is 2.38. The minimum Gasteiger partial charge on any atom is -0.444 e. The van der Waals surface area contributed by atoms with E-state index < -0.39 is 29.9 Å². The Kier molecular flexibility index (Phi) is 5.91. The molecule has 1 aromatic carbocycles. The standard InChI is InChI=1S/C15H19NO6/c1-15(2,3)22-13(18)16-11(10-8-6-5-7-9-10)12(17)21-14(19)20-4/h5-9,11H,1-4H3,(H,16,18). The van der Waals surface area contributed by atoms with E-state index in [-0.39, 0.29) is 0 Å². The summed E-state index contributed by atoms with van der Waals surface area (Å²) in [5.74, 6) is -0.969. The van der Waals surface area contributed by atoms with Gasteiger partial charge in [0.1, 0.15) is 5.60 Å². The van der Waals surface area contributed by atoms with Crippen molar-refractivity contribution in [3.63, 3.8) is 0 Å². The number of rotatable bonds is 3. The molecule has 1 amide bonds. The van der Waals surface area contributed by atoms with Crippen LogP contribution < -0.4 is 5.32 Å². The van der Waals surface area contributed by atoms with Gasteiger partial charge in [-0.15, -0.1) is 0 Å². The lowest BCUT2D eigenvalue weighted by Crippen LogP contribution is -2.39. The second-order valence-corrected chi connectivity index (χ2v) is 5.37. The summed E-state index contributed by atoms with van der Waals surface area (Å²) in [5.41, 5.74) is -0.278. The lowest BCUT2D eigenvalue weighted by Gasteiger charge is -2.22. The largest absolute Gasteiger partial charge is 0.515 e. The average molecular weight is 309 g/mol. The first-order chi connectivity index (χ1) is 10.2. The van der Waals surface area contributed by atoms with Crippen molar-refractivity contribution in [2.45, 2.75) is 32.4 Å². The Morgan fingerprint density at radius 1 is 1.09 bits per heavy atom. The highest BCUT2D eigenvalue weighted by Gasteiger charge is 2.28. The molecule has 0 saturated heterocycles. The summed E-state index contributed by atoms with van der Waals surface area (Å²) >= 11 is 0. The molecule has 1 rings (SSSR count). The van der Waals surface area contributed by atoms with Crippen molar-refractivity contribution < 1.29 is 28.6 Å². The van der Waals surface area contributed by atoms with Crippen LogP contribution >= 0.6 is 0 Å². The number of methoxy groups -OCH3 is 1. The van der Waals surface area contributed by atoms with E-state index in [9.17, 15) is 14.4 Å². The van der Waals surface area contributed by atoms with Crippen LogP contribution in [-0.4, -0.2) is 30.9 Å². The topological polar surface area (TPSA) is 90.9 Å². The molecule has 0 heterocycles. The molecule has 0 aromatic heterocycles. The van der Waals surface area contributed by atoms with E-state index in [1.807, 2.05) is 0 Å². The van der Waals surface area contributed by atoms with Gasteiger partial charge in [0.2, 0.25) is 0 Å². The lowest BCUT2D eigenvalue weighted by atomic mass is 10.1. The van der Waals surface area contributed by atoms with Gasteiger partial charge in [0.15, 0.2) is 6.04 Å². The molecule has 1 unspecified atom stereocenters. The Morgan fingerprint density at radius 2 is 1.68 bits per heavy atom. The van der Waals surface area contributed by atoms with Crippen LogP contribution in [0.5, 0.6) is 0 Å². The van der Waals surface area contributed by atoms with Gasteiger partial charge in [-0.3, -0.25) is 0 Å². The van der Waals surface area contributed by atoms with Crippen molar-refractivity contribution in [1.82, 2.24) is 5.32 Å². The van der Waals surface area contributed by atoms with Gasteiger partial charge in [0.05, 0.1) is 7.11 Å². The zero-order valence-electron chi connectivity index (χ0n) is 12.9. The SMILES string of the molecule is COC(=O)OC(=O)C(NC(=O)OC(C)(C)C)c1ccccc1. The first kappa shape index (κ1) is 17.5. The van der Waals surface area contributed by atoms with E-state index in [1.54, 1.807) is 51.1 Å². The summed E-state index contributed by atoms with van der Waals surface area (Å²) in [7, 11) is 1.08. The molecule has 0 aliphatic heterocycles. The predicted octanol–water partition coefficient (Wildman–Crippen LogP) is 2.56. The van der Waals surface area contributed by atoms with E-state index in [2.05, 4.69) is 14.8 Å². The van der Waals surface area contributed by atoms with E-state index in [4.69, 9.17) is 4.74 Å².